The molecule has 8 heteroatoms. The van der Waals surface area contributed by atoms with Crippen LogP contribution < -0.4 is 5.32 Å². The van der Waals surface area contributed by atoms with Crippen LogP contribution in [0.25, 0.3) is 0 Å². The van der Waals surface area contributed by atoms with Crippen LogP contribution in [0.4, 0.5) is 4.79 Å². The normalized spacial score (nSPS) is 17.6. The highest BCUT2D eigenvalue weighted by molar-refractivity contribution is 5.85. The van der Waals surface area contributed by atoms with Crippen LogP contribution in [0.15, 0.2) is 0 Å². The van der Waals surface area contributed by atoms with Crippen molar-refractivity contribution in [3.8, 4) is 0 Å². The summed E-state index contributed by atoms with van der Waals surface area (Å²) in [5.41, 5.74) is 0. The summed E-state index contributed by atoms with van der Waals surface area (Å²) in [7, 11) is 1.67. The smallest absolute Gasteiger partial charge is 0.332 e. The fourth-order valence-corrected chi connectivity index (χ4v) is 1.48. The Kier molecular flexibility index (Phi) is 4.90. The van der Waals surface area contributed by atoms with Gasteiger partial charge >= 0.3 is 12.0 Å². The summed E-state index contributed by atoms with van der Waals surface area (Å²) in [4.78, 5) is 36.2. The van der Waals surface area contributed by atoms with E-state index in [1.54, 1.807) is 7.05 Å². The molecule has 0 aromatic carbocycles. The van der Waals surface area contributed by atoms with Gasteiger partial charge in [-0.15, -0.1) is 0 Å². The van der Waals surface area contributed by atoms with Crippen molar-refractivity contribution in [2.75, 3.05) is 33.2 Å². The molecule has 8 nitrogen and oxygen atoms in total. The average molecular weight is 259 g/mol. The molecule has 0 unspecified atom stereocenters. The number of aliphatic carboxylic acids is 1. The van der Waals surface area contributed by atoms with E-state index in [2.05, 4.69) is 5.32 Å². The first-order valence-electron chi connectivity index (χ1n) is 5.59. The second-order valence-corrected chi connectivity index (χ2v) is 4.11. The Hall–Kier alpha value is -1.83. The lowest BCUT2D eigenvalue weighted by molar-refractivity contribution is -0.146. The van der Waals surface area contributed by atoms with Crippen molar-refractivity contribution >= 4 is 17.9 Å². The van der Waals surface area contributed by atoms with Crippen molar-refractivity contribution in [2.45, 2.75) is 12.5 Å². The average Bonchev–Trinajstić information content (AvgIpc) is 2.32. The zero-order chi connectivity index (χ0) is 13.7. The van der Waals surface area contributed by atoms with Crippen molar-refractivity contribution in [1.29, 1.82) is 0 Å². The Morgan fingerprint density at radius 3 is 2.67 bits per heavy atom. The van der Waals surface area contributed by atoms with Crippen LogP contribution in [0, 0.1) is 0 Å². The lowest BCUT2D eigenvalue weighted by Gasteiger charge is -2.31. The summed E-state index contributed by atoms with van der Waals surface area (Å²) in [5.74, 6) is -1.46. The van der Waals surface area contributed by atoms with Gasteiger partial charge < -0.3 is 25.3 Å². The molecule has 1 aliphatic heterocycles. The third-order valence-electron chi connectivity index (χ3n) is 2.72. The van der Waals surface area contributed by atoms with E-state index in [-0.39, 0.29) is 25.4 Å². The van der Waals surface area contributed by atoms with Gasteiger partial charge in [-0.25, -0.2) is 9.59 Å². The van der Waals surface area contributed by atoms with E-state index in [1.807, 2.05) is 0 Å². The minimum absolute atomic E-state index is 0.0177. The van der Waals surface area contributed by atoms with Crippen molar-refractivity contribution < 1.29 is 24.6 Å². The number of likely N-dealkylation sites (N-methyl/N-ethyl adjacent to an activating group) is 1. The number of carboxylic acids is 1. The van der Waals surface area contributed by atoms with E-state index >= 15 is 0 Å². The molecule has 0 bridgehead atoms. The van der Waals surface area contributed by atoms with E-state index in [0.717, 1.165) is 0 Å². The van der Waals surface area contributed by atoms with Crippen LogP contribution >= 0.6 is 0 Å². The zero-order valence-electron chi connectivity index (χ0n) is 10.1. The predicted octanol–water partition coefficient (Wildman–Crippen LogP) is -1.69. The Bertz CT molecular complexity index is 346. The number of aliphatic hydroxyl groups excluding tert-OH is 1. The van der Waals surface area contributed by atoms with Gasteiger partial charge in [0.05, 0.1) is 0 Å². The first-order chi connectivity index (χ1) is 8.41. The molecule has 18 heavy (non-hydrogen) atoms. The summed E-state index contributed by atoms with van der Waals surface area (Å²) >= 11 is 0. The Balaban J connectivity index is 2.29. The molecule has 0 aliphatic carbocycles. The summed E-state index contributed by atoms with van der Waals surface area (Å²) in [5, 5.41) is 19.9. The Morgan fingerprint density at radius 1 is 1.44 bits per heavy atom. The summed E-state index contributed by atoms with van der Waals surface area (Å²) < 4.78 is 0. The third-order valence-corrected chi connectivity index (χ3v) is 2.72. The van der Waals surface area contributed by atoms with Crippen molar-refractivity contribution in [3.05, 3.63) is 0 Å². The number of hydrogen-bond donors (Lipinski definition) is 3. The highest BCUT2D eigenvalue weighted by Crippen LogP contribution is 2.01. The van der Waals surface area contributed by atoms with Gasteiger partial charge in [0, 0.05) is 33.1 Å². The molecule has 0 saturated carbocycles. The number of urea groups is 1. The lowest BCUT2D eigenvalue weighted by Crippen LogP contribution is -2.53. The summed E-state index contributed by atoms with van der Waals surface area (Å²) in [6, 6.07) is -0.422. The molecular weight excluding hydrogens is 242 g/mol. The number of piperazine rings is 1. The molecule has 0 aromatic rings. The maximum atomic E-state index is 11.6. The topological polar surface area (TPSA) is 110 Å². The third kappa shape index (κ3) is 3.88. The zero-order valence-corrected chi connectivity index (χ0v) is 10.1. The monoisotopic (exact) mass is 259 g/mol. The van der Waals surface area contributed by atoms with Crippen LogP contribution in [0.5, 0.6) is 0 Å². The van der Waals surface area contributed by atoms with Gasteiger partial charge in [0.2, 0.25) is 5.91 Å². The van der Waals surface area contributed by atoms with Crippen molar-refractivity contribution in [1.82, 2.24) is 15.1 Å². The van der Waals surface area contributed by atoms with Gasteiger partial charge in [0.25, 0.3) is 0 Å². The highest BCUT2D eigenvalue weighted by Gasteiger charge is 2.24. The van der Waals surface area contributed by atoms with Gasteiger partial charge in [-0.1, -0.05) is 0 Å². The maximum absolute atomic E-state index is 11.6. The van der Waals surface area contributed by atoms with Crippen LogP contribution in [0.2, 0.25) is 0 Å². The van der Waals surface area contributed by atoms with Gasteiger partial charge in [-0.2, -0.15) is 0 Å². The molecule has 1 rings (SSSR count). The molecule has 1 aliphatic rings. The minimum Gasteiger partial charge on any atom is -0.479 e. The van der Waals surface area contributed by atoms with Crippen LogP contribution in [0.1, 0.15) is 6.42 Å². The lowest BCUT2D eigenvalue weighted by atomic mass is 10.2. The Labute approximate surface area is 104 Å². The van der Waals surface area contributed by atoms with Gasteiger partial charge in [0.1, 0.15) is 6.54 Å². The van der Waals surface area contributed by atoms with Gasteiger partial charge in [-0.3, -0.25) is 4.79 Å². The number of nitrogens with one attached hydrogen (secondary N) is 1. The molecule has 3 amide bonds. The molecule has 102 valence electrons. The summed E-state index contributed by atoms with van der Waals surface area (Å²) in [6.45, 7) is 0.982. The number of carbonyl (C=O) groups excluding carboxylic acids is 2. The molecule has 1 heterocycles. The standard InChI is InChI=1S/C10H17N3O5/c1-12-4-5-13(6-8(12)15)10(18)11-3-2-7(14)9(16)17/h7,14H,2-6H2,1H3,(H,11,18)(H,16,17)/t7-/m0/s1. The number of aliphatic hydroxyl groups is 1. The second kappa shape index (κ2) is 6.20. The largest absolute Gasteiger partial charge is 0.479 e. The first kappa shape index (κ1) is 14.2. The molecule has 0 radical (unpaired) electrons. The highest BCUT2D eigenvalue weighted by atomic mass is 16.4. The number of hydrogen-bond acceptors (Lipinski definition) is 4. The van der Waals surface area contributed by atoms with Crippen molar-refractivity contribution in [2.24, 2.45) is 0 Å². The van der Waals surface area contributed by atoms with E-state index in [4.69, 9.17) is 10.2 Å². The number of carbonyl (C=O) groups is 3. The molecule has 0 spiro atoms. The fraction of sp³-hybridized carbons (Fsp3) is 0.700. The summed E-state index contributed by atoms with van der Waals surface area (Å²) in [6.07, 6.45) is -1.55. The minimum atomic E-state index is -1.49. The van der Waals surface area contributed by atoms with E-state index < -0.39 is 18.1 Å². The SMILES string of the molecule is CN1CCN(C(=O)NCC[C@H](O)C(=O)O)CC1=O. The van der Waals surface area contributed by atoms with E-state index in [1.165, 1.54) is 9.80 Å². The number of nitrogens with zero attached hydrogens (tertiary/aromatic N) is 2. The van der Waals surface area contributed by atoms with Crippen LogP contribution in [-0.2, 0) is 9.59 Å². The fourth-order valence-electron chi connectivity index (χ4n) is 1.48. The van der Waals surface area contributed by atoms with Crippen molar-refractivity contribution in [3.63, 3.8) is 0 Å². The molecular formula is C10H17N3O5. The van der Waals surface area contributed by atoms with Gasteiger partial charge in [0.15, 0.2) is 6.10 Å². The quantitative estimate of drug-likeness (QED) is 0.557. The Morgan fingerprint density at radius 2 is 2.11 bits per heavy atom. The first-order valence-corrected chi connectivity index (χ1v) is 5.59. The van der Waals surface area contributed by atoms with Crippen LogP contribution in [-0.4, -0.2) is 77.3 Å². The van der Waals surface area contributed by atoms with Crippen LogP contribution in [0.3, 0.4) is 0 Å². The molecule has 1 fully saturated rings. The molecule has 0 aromatic heterocycles. The number of carboxylic acid groups (broad SMARTS) is 1. The second-order valence-electron chi connectivity index (χ2n) is 4.11. The number of amides is 3. The molecule has 1 atom stereocenters. The van der Waals surface area contributed by atoms with E-state index in [9.17, 15) is 14.4 Å². The maximum Gasteiger partial charge on any atom is 0.332 e. The van der Waals surface area contributed by atoms with E-state index in [0.29, 0.717) is 13.1 Å². The molecule has 3 N–H and O–H groups in total. The van der Waals surface area contributed by atoms with Gasteiger partial charge in [-0.05, 0) is 0 Å². The number of rotatable bonds is 4. The predicted molar refractivity (Wildman–Crippen MR) is 60.9 cm³/mol. The molecule has 1 saturated heterocycles.